The summed E-state index contributed by atoms with van der Waals surface area (Å²) in [6, 6.07) is 8.63. The van der Waals surface area contributed by atoms with E-state index in [2.05, 4.69) is 20.3 Å². The average molecular weight is 487 g/mol. The van der Waals surface area contributed by atoms with Crippen LogP contribution >= 0.6 is 11.3 Å². The number of piperazine rings is 1. The van der Waals surface area contributed by atoms with Crippen LogP contribution in [0.4, 0.5) is 24.0 Å². The zero-order valence-electron chi connectivity index (χ0n) is 18.2. The number of imidazole rings is 1. The molecular formula is C23H21F3N6OS. The van der Waals surface area contributed by atoms with Crippen LogP contribution in [0.15, 0.2) is 48.7 Å². The molecule has 0 unspecified atom stereocenters. The third-order valence-electron chi connectivity index (χ3n) is 5.87. The first-order chi connectivity index (χ1) is 16.4. The standard InChI is InChI=1S/C23H21F3N6OS/c1-14(21(33)27-19-12-17(25)6-7-18(19)26)30-8-10-31(11-9-30)23-29-32-13-20(28-22(32)34-23)15-2-4-16(24)5-3-15/h2-7,12-14H,8-11H2,1H3,(H,27,33)/t14-/m0/s1. The lowest BCUT2D eigenvalue weighted by Crippen LogP contribution is -2.52. The summed E-state index contributed by atoms with van der Waals surface area (Å²) in [6.07, 6.45) is 1.82. The van der Waals surface area contributed by atoms with Crippen molar-refractivity contribution in [2.75, 3.05) is 36.4 Å². The zero-order chi connectivity index (χ0) is 23.8. The lowest BCUT2D eigenvalue weighted by atomic mass is 10.2. The minimum absolute atomic E-state index is 0.165. The van der Waals surface area contributed by atoms with Gasteiger partial charge in [0.05, 0.1) is 23.6 Å². The predicted octanol–water partition coefficient (Wildman–Crippen LogP) is 4.02. The highest BCUT2D eigenvalue weighted by Gasteiger charge is 2.27. The second-order valence-electron chi connectivity index (χ2n) is 8.06. The SMILES string of the molecule is C[C@@H](C(=O)Nc1cc(F)ccc1F)N1CCN(c2nn3cc(-c4ccc(F)cc4)nc3s2)CC1. The number of halogens is 3. The van der Waals surface area contributed by atoms with Crippen molar-refractivity contribution in [3.05, 3.63) is 66.1 Å². The number of hydrogen-bond donors (Lipinski definition) is 1. The predicted molar refractivity (Wildman–Crippen MR) is 124 cm³/mol. The van der Waals surface area contributed by atoms with Gasteiger partial charge >= 0.3 is 0 Å². The van der Waals surface area contributed by atoms with Crippen molar-refractivity contribution >= 4 is 33.0 Å². The molecule has 1 aliphatic rings. The van der Waals surface area contributed by atoms with Gasteiger partial charge in [-0.3, -0.25) is 9.69 Å². The van der Waals surface area contributed by atoms with E-state index in [0.717, 1.165) is 39.5 Å². The summed E-state index contributed by atoms with van der Waals surface area (Å²) >= 11 is 1.46. The molecule has 0 aliphatic carbocycles. The maximum Gasteiger partial charge on any atom is 0.241 e. The van der Waals surface area contributed by atoms with Gasteiger partial charge in [0.2, 0.25) is 16.0 Å². The normalized spacial score (nSPS) is 15.6. The van der Waals surface area contributed by atoms with Crippen LogP contribution < -0.4 is 10.2 Å². The van der Waals surface area contributed by atoms with E-state index < -0.39 is 17.7 Å². The number of benzene rings is 2. The van der Waals surface area contributed by atoms with Gasteiger partial charge in [-0.25, -0.2) is 22.7 Å². The highest BCUT2D eigenvalue weighted by Crippen LogP contribution is 2.28. The van der Waals surface area contributed by atoms with Gasteiger partial charge in [-0.15, -0.1) is 5.10 Å². The summed E-state index contributed by atoms with van der Waals surface area (Å²) in [5.41, 5.74) is 1.38. The molecule has 3 heterocycles. The fourth-order valence-corrected chi connectivity index (χ4v) is 4.81. The van der Waals surface area contributed by atoms with Crippen LogP contribution in [0.2, 0.25) is 0 Å². The molecule has 1 saturated heterocycles. The lowest BCUT2D eigenvalue weighted by Gasteiger charge is -2.37. The topological polar surface area (TPSA) is 65.8 Å². The Morgan fingerprint density at radius 1 is 1.03 bits per heavy atom. The molecule has 2 aromatic carbocycles. The zero-order valence-corrected chi connectivity index (χ0v) is 19.0. The van der Waals surface area contributed by atoms with Crippen molar-refractivity contribution in [3.8, 4) is 11.3 Å². The number of carbonyl (C=O) groups excluding carboxylic acids is 1. The number of rotatable bonds is 5. The van der Waals surface area contributed by atoms with Gasteiger partial charge in [0, 0.05) is 37.8 Å². The van der Waals surface area contributed by atoms with Gasteiger partial charge in [0.1, 0.15) is 17.5 Å². The van der Waals surface area contributed by atoms with E-state index in [1.54, 1.807) is 23.6 Å². The van der Waals surface area contributed by atoms with Crippen LogP contribution in [0.25, 0.3) is 16.2 Å². The van der Waals surface area contributed by atoms with Crippen molar-refractivity contribution in [2.24, 2.45) is 0 Å². The summed E-state index contributed by atoms with van der Waals surface area (Å²) in [4.78, 5) is 22.0. The summed E-state index contributed by atoms with van der Waals surface area (Å²) in [6.45, 7) is 4.30. The molecule has 34 heavy (non-hydrogen) atoms. The van der Waals surface area contributed by atoms with Crippen molar-refractivity contribution in [1.29, 1.82) is 0 Å². The van der Waals surface area contributed by atoms with Crippen LogP contribution in [0.5, 0.6) is 0 Å². The first-order valence-electron chi connectivity index (χ1n) is 10.7. The fraction of sp³-hybridized carbons (Fsp3) is 0.261. The van der Waals surface area contributed by atoms with Crippen LogP contribution in [0.3, 0.4) is 0 Å². The second kappa shape index (κ2) is 9.07. The van der Waals surface area contributed by atoms with E-state index in [1.165, 1.54) is 23.5 Å². The van der Waals surface area contributed by atoms with Crippen molar-refractivity contribution in [1.82, 2.24) is 19.5 Å². The first kappa shape index (κ1) is 22.4. The number of carbonyl (C=O) groups is 1. The van der Waals surface area contributed by atoms with Crippen LogP contribution in [-0.4, -0.2) is 57.6 Å². The smallest absolute Gasteiger partial charge is 0.241 e. The van der Waals surface area contributed by atoms with E-state index >= 15 is 0 Å². The van der Waals surface area contributed by atoms with Gasteiger partial charge in [0.25, 0.3) is 0 Å². The molecule has 7 nitrogen and oxygen atoms in total. The van der Waals surface area contributed by atoms with E-state index in [-0.39, 0.29) is 17.4 Å². The molecule has 1 fully saturated rings. The summed E-state index contributed by atoms with van der Waals surface area (Å²) in [5, 5.41) is 7.93. The van der Waals surface area contributed by atoms with Gasteiger partial charge in [-0.05, 0) is 43.3 Å². The fourth-order valence-electron chi connectivity index (χ4n) is 3.87. The van der Waals surface area contributed by atoms with Gasteiger partial charge in [-0.2, -0.15) is 0 Å². The second-order valence-corrected chi connectivity index (χ2v) is 8.99. The number of fused-ring (bicyclic) bond motifs is 1. The quantitative estimate of drug-likeness (QED) is 0.462. The third-order valence-corrected chi connectivity index (χ3v) is 6.85. The Morgan fingerprint density at radius 2 is 1.74 bits per heavy atom. The molecule has 1 atom stereocenters. The molecule has 0 bridgehead atoms. The third kappa shape index (κ3) is 4.48. The number of nitrogens with one attached hydrogen (secondary N) is 1. The van der Waals surface area contributed by atoms with Crippen molar-refractivity contribution < 1.29 is 18.0 Å². The van der Waals surface area contributed by atoms with Crippen LogP contribution in [-0.2, 0) is 4.79 Å². The Kier molecular flexibility index (Phi) is 5.96. The number of anilines is 2. The number of aromatic nitrogens is 3. The Hall–Kier alpha value is -3.44. The maximum absolute atomic E-state index is 13.8. The highest BCUT2D eigenvalue weighted by molar-refractivity contribution is 7.20. The molecule has 2 aromatic heterocycles. The van der Waals surface area contributed by atoms with Crippen LogP contribution in [0, 0.1) is 17.5 Å². The number of nitrogens with zero attached hydrogens (tertiary/aromatic N) is 5. The molecule has 5 rings (SSSR count). The van der Waals surface area contributed by atoms with E-state index in [9.17, 15) is 18.0 Å². The Labute approximate surface area is 197 Å². The molecular weight excluding hydrogens is 465 g/mol. The van der Waals surface area contributed by atoms with E-state index in [4.69, 9.17) is 0 Å². The molecule has 1 amide bonds. The molecule has 0 radical (unpaired) electrons. The molecule has 0 spiro atoms. The minimum Gasteiger partial charge on any atom is -0.344 e. The van der Waals surface area contributed by atoms with E-state index in [1.807, 2.05) is 11.1 Å². The largest absolute Gasteiger partial charge is 0.344 e. The first-order valence-corrected chi connectivity index (χ1v) is 11.6. The lowest BCUT2D eigenvalue weighted by molar-refractivity contribution is -0.120. The summed E-state index contributed by atoms with van der Waals surface area (Å²) in [7, 11) is 0. The molecule has 1 N–H and O–H groups in total. The highest BCUT2D eigenvalue weighted by atomic mass is 32.1. The number of amides is 1. The Morgan fingerprint density at radius 3 is 2.44 bits per heavy atom. The number of hydrogen-bond acceptors (Lipinski definition) is 6. The average Bonchev–Trinajstić information content (AvgIpc) is 3.41. The summed E-state index contributed by atoms with van der Waals surface area (Å²) < 4.78 is 42.1. The van der Waals surface area contributed by atoms with Gasteiger partial charge in [0.15, 0.2) is 0 Å². The van der Waals surface area contributed by atoms with Crippen LogP contribution in [0.1, 0.15) is 6.92 Å². The molecule has 4 aromatic rings. The van der Waals surface area contributed by atoms with Gasteiger partial charge in [-0.1, -0.05) is 11.3 Å². The van der Waals surface area contributed by atoms with Crippen molar-refractivity contribution in [2.45, 2.75) is 13.0 Å². The summed E-state index contributed by atoms with van der Waals surface area (Å²) in [5.74, 6) is -1.98. The Balaban J connectivity index is 1.20. The van der Waals surface area contributed by atoms with Crippen molar-refractivity contribution in [3.63, 3.8) is 0 Å². The molecule has 176 valence electrons. The van der Waals surface area contributed by atoms with E-state index in [0.29, 0.717) is 26.2 Å². The maximum atomic E-state index is 13.8. The minimum atomic E-state index is -0.678. The molecule has 1 aliphatic heterocycles. The molecule has 0 saturated carbocycles. The monoisotopic (exact) mass is 486 g/mol. The Bertz CT molecular complexity index is 1300. The van der Waals surface area contributed by atoms with Gasteiger partial charge < -0.3 is 10.2 Å². The molecule has 11 heteroatoms.